The van der Waals surface area contributed by atoms with Crippen LogP contribution in [0.5, 0.6) is 0 Å². The maximum absolute atomic E-state index is 12.0. The molecule has 2 rings (SSSR count). The number of hydrogen-bond acceptors (Lipinski definition) is 3. The van der Waals surface area contributed by atoms with Gasteiger partial charge in [-0.2, -0.15) is 0 Å². The Hall–Kier alpha value is -1.10. The van der Waals surface area contributed by atoms with E-state index in [0.717, 1.165) is 32.3 Å². The zero-order chi connectivity index (χ0) is 13.9. The molecular weight excluding hydrogens is 244 g/mol. The van der Waals surface area contributed by atoms with Crippen LogP contribution >= 0.6 is 0 Å². The Morgan fingerprint density at radius 1 is 1.37 bits per heavy atom. The number of ether oxygens (including phenoxy) is 1. The lowest BCUT2D eigenvalue weighted by molar-refractivity contribution is -0.127. The summed E-state index contributed by atoms with van der Waals surface area (Å²) in [5.74, 6) is -0.139. The Labute approximate surface area is 114 Å². The zero-order valence-corrected chi connectivity index (χ0v) is 11.9. The first-order chi connectivity index (χ1) is 9.14. The SMILES string of the molecule is CCC1(CC)C(=O)NC(=O)N1CCCC1CCCO1. The lowest BCUT2D eigenvalue weighted by Gasteiger charge is -2.33. The van der Waals surface area contributed by atoms with Gasteiger partial charge in [0.2, 0.25) is 0 Å². The third-order valence-corrected chi connectivity index (χ3v) is 4.51. The minimum Gasteiger partial charge on any atom is -0.378 e. The van der Waals surface area contributed by atoms with Crippen molar-refractivity contribution >= 4 is 11.9 Å². The van der Waals surface area contributed by atoms with Crippen LogP contribution in [-0.4, -0.2) is 41.6 Å². The monoisotopic (exact) mass is 268 g/mol. The molecular formula is C14H24N2O3. The highest BCUT2D eigenvalue weighted by molar-refractivity contribution is 6.06. The van der Waals surface area contributed by atoms with Gasteiger partial charge in [-0.05, 0) is 38.5 Å². The third kappa shape index (κ3) is 2.61. The molecule has 2 aliphatic rings. The summed E-state index contributed by atoms with van der Waals surface area (Å²) in [5.41, 5.74) is -0.631. The molecule has 0 aromatic carbocycles. The second-order valence-corrected chi connectivity index (χ2v) is 5.43. The standard InChI is InChI=1S/C14H24N2O3/c1-3-14(4-2)12(17)15-13(18)16(14)9-5-7-11-8-6-10-19-11/h11H,3-10H2,1-2H3,(H,15,17,18). The summed E-state index contributed by atoms with van der Waals surface area (Å²) in [6, 6.07) is -0.235. The Balaban J connectivity index is 1.92. The molecule has 5 nitrogen and oxygen atoms in total. The lowest BCUT2D eigenvalue weighted by Crippen LogP contribution is -2.49. The molecule has 108 valence electrons. The van der Waals surface area contributed by atoms with Crippen LogP contribution in [0.3, 0.4) is 0 Å². The molecule has 0 aliphatic carbocycles. The normalized spacial score (nSPS) is 26.0. The van der Waals surface area contributed by atoms with Crippen molar-refractivity contribution < 1.29 is 14.3 Å². The van der Waals surface area contributed by atoms with E-state index in [2.05, 4.69) is 5.32 Å². The first kappa shape index (κ1) is 14.3. The van der Waals surface area contributed by atoms with Gasteiger partial charge in [0.05, 0.1) is 6.10 Å². The fraction of sp³-hybridized carbons (Fsp3) is 0.857. The van der Waals surface area contributed by atoms with Crippen molar-refractivity contribution in [2.75, 3.05) is 13.2 Å². The van der Waals surface area contributed by atoms with Crippen LogP contribution in [0.4, 0.5) is 4.79 Å². The Morgan fingerprint density at radius 2 is 2.11 bits per heavy atom. The van der Waals surface area contributed by atoms with Crippen molar-refractivity contribution in [3.63, 3.8) is 0 Å². The van der Waals surface area contributed by atoms with Crippen LogP contribution in [0, 0.1) is 0 Å². The number of amides is 3. The zero-order valence-electron chi connectivity index (χ0n) is 11.9. The highest BCUT2D eigenvalue weighted by atomic mass is 16.5. The molecule has 1 atom stereocenters. The summed E-state index contributed by atoms with van der Waals surface area (Å²) in [6.07, 6.45) is 5.81. The van der Waals surface area contributed by atoms with Crippen molar-refractivity contribution in [3.05, 3.63) is 0 Å². The van der Waals surface area contributed by atoms with Crippen LogP contribution in [0.25, 0.3) is 0 Å². The number of carbonyl (C=O) groups excluding carboxylic acids is 2. The summed E-state index contributed by atoms with van der Waals surface area (Å²) < 4.78 is 5.58. The van der Waals surface area contributed by atoms with Crippen molar-refractivity contribution in [2.45, 2.75) is 64.0 Å². The summed E-state index contributed by atoms with van der Waals surface area (Å²) in [4.78, 5) is 25.6. The van der Waals surface area contributed by atoms with E-state index in [1.54, 1.807) is 4.90 Å². The number of urea groups is 1. The molecule has 3 amide bonds. The van der Waals surface area contributed by atoms with Crippen molar-refractivity contribution in [1.82, 2.24) is 10.2 Å². The van der Waals surface area contributed by atoms with Crippen LogP contribution < -0.4 is 5.32 Å². The molecule has 2 fully saturated rings. The van der Waals surface area contributed by atoms with Crippen LogP contribution in [0.2, 0.25) is 0 Å². The molecule has 0 spiro atoms. The maximum Gasteiger partial charge on any atom is 0.325 e. The van der Waals surface area contributed by atoms with Crippen molar-refractivity contribution in [2.24, 2.45) is 0 Å². The van der Waals surface area contributed by atoms with E-state index in [0.29, 0.717) is 25.5 Å². The van der Waals surface area contributed by atoms with Gasteiger partial charge in [-0.15, -0.1) is 0 Å². The van der Waals surface area contributed by atoms with E-state index in [1.807, 2.05) is 13.8 Å². The molecule has 0 aromatic rings. The van der Waals surface area contributed by atoms with Gasteiger partial charge in [0, 0.05) is 13.2 Å². The van der Waals surface area contributed by atoms with Gasteiger partial charge in [-0.25, -0.2) is 4.79 Å². The molecule has 1 N–H and O–H groups in total. The predicted octanol–water partition coefficient (Wildman–Crippen LogP) is 2.06. The van der Waals surface area contributed by atoms with E-state index < -0.39 is 5.54 Å². The maximum atomic E-state index is 12.0. The minimum absolute atomic E-state index is 0.139. The molecule has 19 heavy (non-hydrogen) atoms. The van der Waals surface area contributed by atoms with Crippen molar-refractivity contribution in [3.8, 4) is 0 Å². The van der Waals surface area contributed by atoms with Gasteiger partial charge >= 0.3 is 6.03 Å². The van der Waals surface area contributed by atoms with E-state index in [9.17, 15) is 9.59 Å². The van der Waals surface area contributed by atoms with Crippen LogP contribution in [0.1, 0.15) is 52.4 Å². The lowest BCUT2D eigenvalue weighted by atomic mass is 9.91. The molecule has 1 unspecified atom stereocenters. The number of imide groups is 1. The quantitative estimate of drug-likeness (QED) is 0.750. The molecule has 0 saturated carbocycles. The van der Waals surface area contributed by atoms with E-state index in [1.165, 1.54) is 0 Å². The fourth-order valence-electron chi connectivity index (χ4n) is 3.22. The number of nitrogens with zero attached hydrogens (tertiary/aromatic N) is 1. The topological polar surface area (TPSA) is 58.6 Å². The summed E-state index contributed by atoms with van der Waals surface area (Å²) in [7, 11) is 0. The summed E-state index contributed by atoms with van der Waals surface area (Å²) >= 11 is 0. The highest BCUT2D eigenvalue weighted by Gasteiger charge is 2.49. The molecule has 5 heteroatoms. The van der Waals surface area contributed by atoms with E-state index in [4.69, 9.17) is 4.74 Å². The number of carbonyl (C=O) groups is 2. The van der Waals surface area contributed by atoms with Gasteiger partial charge in [-0.3, -0.25) is 10.1 Å². The molecule has 2 aliphatic heterocycles. The molecule has 2 saturated heterocycles. The van der Waals surface area contributed by atoms with Gasteiger partial charge in [0.25, 0.3) is 5.91 Å². The Kier molecular flexibility index (Phi) is 4.45. The van der Waals surface area contributed by atoms with Gasteiger partial charge in [0.15, 0.2) is 0 Å². The van der Waals surface area contributed by atoms with Gasteiger partial charge < -0.3 is 9.64 Å². The molecule has 0 bridgehead atoms. The first-order valence-corrected chi connectivity index (χ1v) is 7.38. The summed E-state index contributed by atoms with van der Waals surface area (Å²) in [5, 5.41) is 2.45. The Morgan fingerprint density at radius 3 is 2.68 bits per heavy atom. The molecule has 0 aromatic heterocycles. The average molecular weight is 268 g/mol. The predicted molar refractivity (Wildman–Crippen MR) is 71.8 cm³/mol. The fourth-order valence-corrected chi connectivity index (χ4v) is 3.22. The number of hydrogen-bond donors (Lipinski definition) is 1. The van der Waals surface area contributed by atoms with Crippen LogP contribution in [-0.2, 0) is 9.53 Å². The third-order valence-electron chi connectivity index (χ3n) is 4.51. The molecule has 2 heterocycles. The molecule has 0 radical (unpaired) electrons. The number of rotatable bonds is 6. The highest BCUT2D eigenvalue weighted by Crippen LogP contribution is 2.30. The van der Waals surface area contributed by atoms with E-state index in [-0.39, 0.29) is 11.9 Å². The van der Waals surface area contributed by atoms with Gasteiger partial charge in [0.1, 0.15) is 5.54 Å². The van der Waals surface area contributed by atoms with Crippen molar-refractivity contribution in [1.29, 1.82) is 0 Å². The van der Waals surface area contributed by atoms with Crippen LogP contribution in [0.15, 0.2) is 0 Å². The first-order valence-electron chi connectivity index (χ1n) is 7.38. The largest absolute Gasteiger partial charge is 0.378 e. The second-order valence-electron chi connectivity index (χ2n) is 5.43. The minimum atomic E-state index is -0.631. The smallest absolute Gasteiger partial charge is 0.325 e. The van der Waals surface area contributed by atoms with Gasteiger partial charge in [-0.1, -0.05) is 13.8 Å². The second kappa shape index (κ2) is 5.90. The number of nitrogens with one attached hydrogen (secondary N) is 1. The summed E-state index contributed by atoms with van der Waals surface area (Å²) in [6.45, 7) is 5.43. The van der Waals surface area contributed by atoms with E-state index >= 15 is 0 Å². The Bertz CT molecular complexity index is 347. The average Bonchev–Trinajstić information content (AvgIpc) is 2.98.